The number of aryl methyl sites for hydroxylation is 1. The van der Waals surface area contributed by atoms with E-state index in [4.69, 9.17) is 28.3 Å². The first-order valence-electron chi connectivity index (χ1n) is 6.88. The minimum atomic E-state index is -2.06. The molecule has 2 aromatic rings. The van der Waals surface area contributed by atoms with Gasteiger partial charge in [0.1, 0.15) is 0 Å². The molecule has 128 valence electrons. The number of hydrogen-bond donors (Lipinski definition) is 3. The van der Waals surface area contributed by atoms with E-state index in [0.717, 1.165) is 6.92 Å². The monoisotopic (exact) mass is 371 g/mol. The van der Waals surface area contributed by atoms with Gasteiger partial charge in [-0.25, -0.2) is 9.48 Å². The number of halogens is 2. The zero-order chi connectivity index (χ0) is 18.1. The van der Waals surface area contributed by atoms with Gasteiger partial charge in [-0.15, -0.1) is 0 Å². The molecule has 9 heteroatoms. The second-order valence-corrected chi connectivity index (χ2v) is 6.28. The fraction of sp³-hybridized carbons (Fsp3) is 0.267. The van der Waals surface area contributed by atoms with Gasteiger partial charge in [0.2, 0.25) is 0 Å². The molecule has 0 saturated carbocycles. The number of hydrogen-bond acceptors (Lipinski definition) is 4. The van der Waals surface area contributed by atoms with Crippen molar-refractivity contribution in [1.82, 2.24) is 15.1 Å². The molecular weight excluding hydrogens is 357 g/mol. The number of nitrogens with zero attached hydrogens (tertiary/aromatic N) is 2. The number of nitrogens with one attached hydrogen (secondary N) is 1. The number of carboxylic acids is 1. The molecule has 0 fully saturated rings. The molecule has 24 heavy (non-hydrogen) atoms. The van der Waals surface area contributed by atoms with Crippen molar-refractivity contribution in [3.63, 3.8) is 0 Å². The van der Waals surface area contributed by atoms with Crippen LogP contribution in [0, 0.1) is 6.92 Å². The number of amides is 1. The van der Waals surface area contributed by atoms with Gasteiger partial charge in [-0.3, -0.25) is 4.79 Å². The molecule has 3 N–H and O–H groups in total. The van der Waals surface area contributed by atoms with Gasteiger partial charge in [0.05, 0.1) is 17.3 Å². The fourth-order valence-electron chi connectivity index (χ4n) is 1.90. The molecule has 1 aromatic heterocycles. The first kappa shape index (κ1) is 18.3. The number of carbonyl (C=O) groups is 2. The Morgan fingerprint density at radius 2 is 2.00 bits per heavy atom. The Balaban J connectivity index is 2.22. The number of carboxylic acid groups (broad SMARTS) is 1. The standard InChI is InChI=1S/C15H15Cl2N3O4/c1-8-5-11(13(21)18-7-15(2,24)14(22)23)19-20(8)12-4-3-9(16)6-10(12)17/h3-6,24H,7H2,1-2H3,(H,18,21)(H,22,23). The van der Waals surface area contributed by atoms with E-state index in [1.54, 1.807) is 25.1 Å². The fourth-order valence-corrected chi connectivity index (χ4v) is 2.39. The molecule has 0 radical (unpaired) electrons. The molecule has 1 heterocycles. The van der Waals surface area contributed by atoms with E-state index in [1.165, 1.54) is 10.7 Å². The van der Waals surface area contributed by atoms with Gasteiger partial charge in [-0.1, -0.05) is 23.2 Å². The number of carbonyl (C=O) groups excluding carboxylic acids is 1. The summed E-state index contributed by atoms with van der Waals surface area (Å²) in [5.41, 5.74) is -0.795. The van der Waals surface area contributed by atoms with Crippen molar-refractivity contribution in [2.75, 3.05) is 6.54 Å². The normalized spacial score (nSPS) is 13.4. The summed E-state index contributed by atoms with van der Waals surface area (Å²) in [6.45, 7) is 2.38. The number of benzene rings is 1. The summed E-state index contributed by atoms with van der Waals surface area (Å²) in [4.78, 5) is 22.9. The van der Waals surface area contributed by atoms with Crippen LogP contribution in [0.3, 0.4) is 0 Å². The van der Waals surface area contributed by atoms with Gasteiger partial charge in [0.15, 0.2) is 11.3 Å². The highest BCUT2D eigenvalue weighted by Crippen LogP contribution is 2.25. The molecule has 0 aliphatic carbocycles. The summed E-state index contributed by atoms with van der Waals surface area (Å²) in [6.07, 6.45) is 0. The van der Waals surface area contributed by atoms with Crippen LogP contribution >= 0.6 is 23.2 Å². The maximum atomic E-state index is 12.1. The van der Waals surface area contributed by atoms with Gasteiger partial charge >= 0.3 is 5.97 Å². The topological polar surface area (TPSA) is 104 Å². The minimum Gasteiger partial charge on any atom is -0.479 e. The molecular formula is C15H15Cl2N3O4. The third kappa shape index (κ3) is 3.87. The first-order valence-corrected chi connectivity index (χ1v) is 7.63. The van der Waals surface area contributed by atoms with Crippen molar-refractivity contribution in [3.05, 3.63) is 45.7 Å². The van der Waals surface area contributed by atoms with E-state index in [9.17, 15) is 14.7 Å². The third-order valence-electron chi connectivity index (χ3n) is 3.31. The van der Waals surface area contributed by atoms with E-state index < -0.39 is 24.0 Å². The van der Waals surface area contributed by atoms with Crippen molar-refractivity contribution in [2.45, 2.75) is 19.4 Å². The highest BCUT2D eigenvalue weighted by molar-refractivity contribution is 6.35. The lowest BCUT2D eigenvalue weighted by molar-refractivity contribution is -0.155. The molecule has 0 bridgehead atoms. The Labute approximate surface area is 147 Å². The Kier molecular flexibility index (Phi) is 5.17. The number of aromatic nitrogens is 2. The second-order valence-electron chi connectivity index (χ2n) is 5.44. The smallest absolute Gasteiger partial charge is 0.337 e. The summed E-state index contributed by atoms with van der Waals surface area (Å²) in [6, 6.07) is 6.40. The third-order valence-corrected chi connectivity index (χ3v) is 3.85. The minimum absolute atomic E-state index is 0.0692. The van der Waals surface area contributed by atoms with Crippen LogP contribution < -0.4 is 5.32 Å². The van der Waals surface area contributed by atoms with Crippen LogP contribution in [0.5, 0.6) is 0 Å². The molecule has 7 nitrogen and oxygen atoms in total. The van der Waals surface area contributed by atoms with Crippen LogP contribution in [0.15, 0.2) is 24.3 Å². The van der Waals surface area contributed by atoms with Crippen LogP contribution in [0.25, 0.3) is 5.69 Å². The zero-order valence-corrected chi connectivity index (χ0v) is 14.4. The molecule has 0 spiro atoms. The summed E-state index contributed by atoms with van der Waals surface area (Å²) in [5.74, 6) is -2.04. The Morgan fingerprint density at radius 3 is 2.58 bits per heavy atom. The van der Waals surface area contributed by atoms with Crippen LogP contribution in [0.1, 0.15) is 23.1 Å². The Bertz CT molecular complexity index is 802. The van der Waals surface area contributed by atoms with Gasteiger partial charge in [0, 0.05) is 10.7 Å². The predicted octanol–water partition coefficient (Wildman–Crippen LogP) is 2.05. The molecule has 1 amide bonds. The van der Waals surface area contributed by atoms with Gasteiger partial charge in [0.25, 0.3) is 5.91 Å². The Hall–Kier alpha value is -2.09. The molecule has 0 aliphatic heterocycles. The van der Waals surface area contributed by atoms with Gasteiger partial charge in [-0.05, 0) is 38.1 Å². The van der Waals surface area contributed by atoms with Crippen molar-refractivity contribution in [2.24, 2.45) is 0 Å². The lowest BCUT2D eigenvalue weighted by Gasteiger charge is -2.17. The molecule has 2 rings (SSSR count). The van der Waals surface area contributed by atoms with E-state index in [2.05, 4.69) is 10.4 Å². The maximum absolute atomic E-state index is 12.1. The quantitative estimate of drug-likeness (QED) is 0.745. The molecule has 0 saturated heterocycles. The summed E-state index contributed by atoms with van der Waals surface area (Å²) in [7, 11) is 0. The van der Waals surface area contributed by atoms with Crippen LogP contribution in [0.4, 0.5) is 0 Å². The SMILES string of the molecule is Cc1cc(C(=O)NCC(C)(O)C(=O)O)nn1-c1ccc(Cl)cc1Cl. The van der Waals surface area contributed by atoms with Crippen molar-refractivity contribution in [1.29, 1.82) is 0 Å². The average Bonchev–Trinajstić information content (AvgIpc) is 2.86. The first-order chi connectivity index (χ1) is 11.1. The lowest BCUT2D eigenvalue weighted by Crippen LogP contribution is -2.46. The van der Waals surface area contributed by atoms with Crippen molar-refractivity contribution in [3.8, 4) is 5.69 Å². The highest BCUT2D eigenvalue weighted by atomic mass is 35.5. The number of aliphatic carboxylic acids is 1. The zero-order valence-electron chi connectivity index (χ0n) is 12.9. The summed E-state index contributed by atoms with van der Waals surface area (Å²) in [5, 5.41) is 25.8. The van der Waals surface area contributed by atoms with Crippen LogP contribution in [-0.4, -0.2) is 44.0 Å². The predicted molar refractivity (Wildman–Crippen MR) is 88.9 cm³/mol. The molecule has 1 aromatic carbocycles. The number of rotatable bonds is 5. The molecule has 0 aliphatic rings. The highest BCUT2D eigenvalue weighted by Gasteiger charge is 2.30. The van der Waals surface area contributed by atoms with Crippen molar-refractivity contribution >= 4 is 35.1 Å². The molecule has 1 unspecified atom stereocenters. The second kappa shape index (κ2) is 6.80. The van der Waals surface area contributed by atoms with E-state index in [1.807, 2.05) is 0 Å². The maximum Gasteiger partial charge on any atom is 0.337 e. The molecule has 1 atom stereocenters. The summed E-state index contributed by atoms with van der Waals surface area (Å²) < 4.78 is 1.48. The van der Waals surface area contributed by atoms with Gasteiger partial charge in [-0.2, -0.15) is 5.10 Å². The van der Waals surface area contributed by atoms with E-state index in [-0.39, 0.29) is 5.69 Å². The Morgan fingerprint density at radius 1 is 1.33 bits per heavy atom. The largest absolute Gasteiger partial charge is 0.479 e. The van der Waals surface area contributed by atoms with Crippen molar-refractivity contribution < 1.29 is 19.8 Å². The van der Waals surface area contributed by atoms with E-state index >= 15 is 0 Å². The number of aliphatic hydroxyl groups is 1. The lowest BCUT2D eigenvalue weighted by atomic mass is 10.1. The van der Waals surface area contributed by atoms with E-state index in [0.29, 0.717) is 21.4 Å². The average molecular weight is 372 g/mol. The van der Waals surface area contributed by atoms with Crippen LogP contribution in [-0.2, 0) is 4.79 Å². The van der Waals surface area contributed by atoms with Gasteiger partial charge < -0.3 is 15.5 Å². The summed E-state index contributed by atoms with van der Waals surface area (Å²) >= 11 is 12.0. The van der Waals surface area contributed by atoms with Crippen LogP contribution in [0.2, 0.25) is 10.0 Å².